The summed E-state index contributed by atoms with van der Waals surface area (Å²) in [6.07, 6.45) is 3.13. The maximum absolute atomic E-state index is 11.0. The van der Waals surface area contributed by atoms with Crippen molar-refractivity contribution in [1.82, 2.24) is 4.90 Å². The van der Waals surface area contributed by atoms with Gasteiger partial charge >= 0.3 is 0 Å². The van der Waals surface area contributed by atoms with Crippen molar-refractivity contribution in [2.75, 3.05) is 19.7 Å². The van der Waals surface area contributed by atoms with Crippen molar-refractivity contribution >= 4 is 6.29 Å². The molecule has 200 valence electrons. The van der Waals surface area contributed by atoms with Crippen LogP contribution in [0.25, 0.3) is 0 Å². The Kier molecular flexibility index (Phi) is 7.49. The number of aldehydes is 1. The molecule has 1 fully saturated rings. The number of rotatable bonds is 9. The summed E-state index contributed by atoms with van der Waals surface area (Å²) in [7, 11) is 0. The van der Waals surface area contributed by atoms with Gasteiger partial charge in [-0.3, -0.25) is 9.69 Å². The van der Waals surface area contributed by atoms with E-state index in [1.165, 1.54) is 22.3 Å². The second-order valence-electron chi connectivity index (χ2n) is 11.3. The average molecular weight is 514 g/mol. The van der Waals surface area contributed by atoms with Crippen LogP contribution in [0.2, 0.25) is 0 Å². The second-order valence-corrected chi connectivity index (χ2v) is 11.3. The first-order valence-corrected chi connectivity index (χ1v) is 13.7. The van der Waals surface area contributed by atoms with Crippen molar-refractivity contribution in [1.29, 1.82) is 0 Å². The Morgan fingerprint density at radius 3 is 2.42 bits per heavy atom. The first-order chi connectivity index (χ1) is 18.3. The lowest BCUT2D eigenvalue weighted by Gasteiger charge is -2.33. The molecule has 0 unspecified atom stereocenters. The van der Waals surface area contributed by atoms with Crippen LogP contribution in [0.3, 0.4) is 0 Å². The van der Waals surface area contributed by atoms with Crippen LogP contribution >= 0.6 is 0 Å². The maximum Gasteiger partial charge on any atom is 0.150 e. The Hall–Kier alpha value is -3.31. The fourth-order valence-electron chi connectivity index (χ4n) is 6.00. The topological polar surface area (TPSA) is 48.0 Å². The van der Waals surface area contributed by atoms with E-state index in [4.69, 9.17) is 14.2 Å². The number of ether oxygens (including phenoxy) is 3. The van der Waals surface area contributed by atoms with Crippen LogP contribution in [0.15, 0.2) is 54.6 Å². The minimum absolute atomic E-state index is 0.225. The van der Waals surface area contributed by atoms with Gasteiger partial charge in [0.25, 0.3) is 0 Å². The average Bonchev–Trinajstić information content (AvgIpc) is 3.48. The van der Waals surface area contributed by atoms with E-state index >= 15 is 0 Å². The first kappa shape index (κ1) is 26.3. The molecule has 0 N–H and O–H groups in total. The summed E-state index contributed by atoms with van der Waals surface area (Å²) in [5.74, 6) is 3.05. The zero-order valence-electron chi connectivity index (χ0n) is 23.3. The lowest BCUT2D eigenvalue weighted by Crippen LogP contribution is -2.42. The number of carbonyl (C=O) groups excluding carboxylic acids is 1. The SMILES string of the molecule is Cc1c(C)c2c(c(C)c1OCc1ccccc1)[C@H](CN1CCC[C@H]1COc1ccc(C=O)cc1)C(C)(C)O2. The van der Waals surface area contributed by atoms with Crippen molar-refractivity contribution in [3.8, 4) is 17.2 Å². The smallest absolute Gasteiger partial charge is 0.150 e. The molecule has 3 aromatic carbocycles. The van der Waals surface area contributed by atoms with E-state index in [-0.39, 0.29) is 11.5 Å². The molecule has 0 spiro atoms. The van der Waals surface area contributed by atoms with Gasteiger partial charge in [-0.25, -0.2) is 0 Å². The van der Waals surface area contributed by atoms with Crippen LogP contribution in [0.4, 0.5) is 0 Å². The molecule has 5 rings (SSSR count). The van der Waals surface area contributed by atoms with Gasteiger partial charge in [0.15, 0.2) is 0 Å². The molecule has 0 bridgehead atoms. The van der Waals surface area contributed by atoms with E-state index in [2.05, 4.69) is 63.8 Å². The number of likely N-dealkylation sites (tertiary alicyclic amines) is 1. The molecule has 3 aromatic rings. The Balaban J connectivity index is 1.36. The molecular weight excluding hydrogens is 474 g/mol. The van der Waals surface area contributed by atoms with Crippen molar-refractivity contribution in [2.45, 2.75) is 71.6 Å². The summed E-state index contributed by atoms with van der Waals surface area (Å²) in [6, 6.07) is 18.0. The molecule has 1 saturated heterocycles. The van der Waals surface area contributed by atoms with Gasteiger partial charge in [-0.05, 0) is 101 Å². The van der Waals surface area contributed by atoms with E-state index < -0.39 is 0 Å². The molecule has 2 aliphatic heterocycles. The second kappa shape index (κ2) is 10.8. The third-order valence-corrected chi connectivity index (χ3v) is 8.39. The third-order valence-electron chi connectivity index (χ3n) is 8.39. The fourth-order valence-corrected chi connectivity index (χ4v) is 6.00. The van der Waals surface area contributed by atoms with Gasteiger partial charge in [-0.2, -0.15) is 0 Å². The van der Waals surface area contributed by atoms with Crippen molar-refractivity contribution in [3.63, 3.8) is 0 Å². The molecule has 0 amide bonds. The highest BCUT2D eigenvalue weighted by Crippen LogP contribution is 2.52. The van der Waals surface area contributed by atoms with E-state index in [9.17, 15) is 4.79 Å². The lowest BCUT2D eigenvalue weighted by molar-refractivity contribution is 0.0791. The number of benzene rings is 3. The number of nitrogens with zero attached hydrogens (tertiary/aromatic N) is 1. The summed E-state index contributed by atoms with van der Waals surface area (Å²) in [5.41, 5.74) is 6.31. The van der Waals surface area contributed by atoms with E-state index in [0.717, 1.165) is 55.0 Å². The number of hydrogen-bond donors (Lipinski definition) is 0. The monoisotopic (exact) mass is 513 g/mol. The molecule has 2 aliphatic rings. The predicted octanol–water partition coefficient (Wildman–Crippen LogP) is 6.80. The molecule has 0 radical (unpaired) electrons. The molecule has 2 atom stereocenters. The van der Waals surface area contributed by atoms with Crippen LogP contribution in [-0.4, -0.2) is 42.5 Å². The highest BCUT2D eigenvalue weighted by Gasteiger charge is 2.46. The molecular formula is C33H39NO4. The van der Waals surface area contributed by atoms with Gasteiger partial charge in [0.05, 0.1) is 0 Å². The summed E-state index contributed by atoms with van der Waals surface area (Å²) < 4.78 is 19.3. The van der Waals surface area contributed by atoms with Gasteiger partial charge in [-0.1, -0.05) is 30.3 Å². The lowest BCUT2D eigenvalue weighted by atomic mass is 9.82. The summed E-state index contributed by atoms with van der Waals surface area (Å²) in [4.78, 5) is 13.5. The zero-order valence-corrected chi connectivity index (χ0v) is 23.3. The van der Waals surface area contributed by atoms with Crippen molar-refractivity contribution in [2.24, 2.45) is 0 Å². The van der Waals surface area contributed by atoms with E-state index in [1.807, 2.05) is 18.2 Å². The van der Waals surface area contributed by atoms with Crippen LogP contribution < -0.4 is 14.2 Å². The van der Waals surface area contributed by atoms with E-state index in [1.54, 1.807) is 12.1 Å². The van der Waals surface area contributed by atoms with Crippen molar-refractivity contribution < 1.29 is 19.0 Å². The Morgan fingerprint density at radius 1 is 0.974 bits per heavy atom. The quantitative estimate of drug-likeness (QED) is 0.295. The minimum atomic E-state index is -0.318. The van der Waals surface area contributed by atoms with Crippen LogP contribution in [-0.2, 0) is 6.61 Å². The van der Waals surface area contributed by atoms with Crippen molar-refractivity contribution in [3.05, 3.63) is 88.0 Å². The molecule has 0 aliphatic carbocycles. The predicted molar refractivity (Wildman–Crippen MR) is 151 cm³/mol. The van der Waals surface area contributed by atoms with Gasteiger partial charge in [-0.15, -0.1) is 0 Å². The molecule has 0 aromatic heterocycles. The number of hydrogen-bond acceptors (Lipinski definition) is 5. The number of carbonyl (C=O) groups is 1. The van der Waals surface area contributed by atoms with Gasteiger partial charge in [0, 0.05) is 29.6 Å². The third kappa shape index (κ3) is 5.17. The van der Waals surface area contributed by atoms with Gasteiger partial charge in [0.2, 0.25) is 0 Å². The molecule has 2 heterocycles. The summed E-state index contributed by atoms with van der Waals surface area (Å²) in [5, 5.41) is 0. The Bertz CT molecular complexity index is 1280. The largest absolute Gasteiger partial charge is 0.492 e. The fraction of sp³-hybridized carbons (Fsp3) is 0.424. The summed E-state index contributed by atoms with van der Waals surface area (Å²) >= 11 is 0. The minimum Gasteiger partial charge on any atom is -0.492 e. The molecule has 0 saturated carbocycles. The highest BCUT2D eigenvalue weighted by molar-refractivity contribution is 5.74. The Morgan fingerprint density at radius 2 is 1.71 bits per heavy atom. The molecule has 38 heavy (non-hydrogen) atoms. The maximum atomic E-state index is 11.0. The normalized spacial score (nSPS) is 20.1. The van der Waals surface area contributed by atoms with Gasteiger partial charge in [0.1, 0.15) is 42.3 Å². The zero-order chi connectivity index (χ0) is 26.9. The van der Waals surface area contributed by atoms with E-state index in [0.29, 0.717) is 24.8 Å². The van der Waals surface area contributed by atoms with Crippen LogP contribution in [0.1, 0.15) is 70.8 Å². The van der Waals surface area contributed by atoms with Crippen LogP contribution in [0.5, 0.6) is 17.2 Å². The highest BCUT2D eigenvalue weighted by atomic mass is 16.5. The number of fused-ring (bicyclic) bond motifs is 1. The van der Waals surface area contributed by atoms with Gasteiger partial charge < -0.3 is 14.2 Å². The molecule has 5 heteroatoms. The Labute approximate surface area is 226 Å². The first-order valence-electron chi connectivity index (χ1n) is 13.7. The molecule has 5 nitrogen and oxygen atoms in total. The standard InChI is InChI=1S/C33H39NO4/c1-22-23(2)32-30(24(3)31(22)37-20-26-10-7-6-8-11-26)29(33(4,5)38-32)18-34-17-9-12-27(34)21-36-28-15-13-25(19-35)14-16-28/h6-8,10-11,13-16,19,27,29H,9,12,17-18,20-21H2,1-5H3/t27-,29-/m0/s1. The summed E-state index contributed by atoms with van der Waals surface area (Å²) in [6.45, 7) is 14.1. The van der Waals surface area contributed by atoms with Crippen LogP contribution in [0, 0.1) is 20.8 Å².